The van der Waals surface area contributed by atoms with Gasteiger partial charge < -0.3 is 10.2 Å². The zero-order valence-electron chi connectivity index (χ0n) is 12.4. The van der Waals surface area contributed by atoms with E-state index in [-0.39, 0.29) is 11.7 Å². The Bertz CT molecular complexity index is 489. The van der Waals surface area contributed by atoms with Crippen LogP contribution in [-0.4, -0.2) is 37.0 Å². The third-order valence-corrected chi connectivity index (χ3v) is 4.77. The number of halogens is 2. The first-order valence-electron chi connectivity index (χ1n) is 7.57. The third-order valence-electron chi connectivity index (χ3n) is 3.88. The average molecular weight is 404 g/mol. The maximum atomic E-state index is 13.2. The molecule has 1 aliphatic heterocycles. The van der Waals surface area contributed by atoms with Gasteiger partial charge in [-0.3, -0.25) is 4.79 Å². The van der Waals surface area contributed by atoms with E-state index < -0.39 is 0 Å². The SMILES string of the molecule is CCCN(CC1CCNCC1)C(=O)c1ccc(F)cc1I. The average Bonchev–Trinajstić information content (AvgIpc) is 2.47. The molecule has 0 unspecified atom stereocenters. The van der Waals surface area contributed by atoms with Crippen molar-refractivity contribution in [3.8, 4) is 0 Å². The molecule has 0 aliphatic carbocycles. The minimum absolute atomic E-state index is 0.0276. The van der Waals surface area contributed by atoms with Crippen LogP contribution in [0.15, 0.2) is 18.2 Å². The largest absolute Gasteiger partial charge is 0.338 e. The molecule has 0 aromatic heterocycles. The molecule has 0 saturated carbocycles. The van der Waals surface area contributed by atoms with Gasteiger partial charge in [0.2, 0.25) is 0 Å². The number of nitrogens with zero attached hydrogens (tertiary/aromatic N) is 1. The van der Waals surface area contributed by atoms with Crippen molar-refractivity contribution in [1.82, 2.24) is 10.2 Å². The fourth-order valence-electron chi connectivity index (χ4n) is 2.75. The molecule has 5 heteroatoms. The molecule has 21 heavy (non-hydrogen) atoms. The number of amides is 1. The zero-order valence-corrected chi connectivity index (χ0v) is 14.5. The fourth-order valence-corrected chi connectivity index (χ4v) is 3.46. The van der Waals surface area contributed by atoms with Crippen molar-refractivity contribution < 1.29 is 9.18 Å². The lowest BCUT2D eigenvalue weighted by Gasteiger charge is -2.30. The van der Waals surface area contributed by atoms with Crippen LogP contribution in [0.4, 0.5) is 4.39 Å². The lowest BCUT2D eigenvalue weighted by molar-refractivity contribution is 0.0715. The van der Waals surface area contributed by atoms with E-state index in [1.165, 1.54) is 12.1 Å². The van der Waals surface area contributed by atoms with Gasteiger partial charge in [-0.05, 0) is 79.1 Å². The molecule has 1 heterocycles. The minimum Gasteiger partial charge on any atom is -0.338 e. The summed E-state index contributed by atoms with van der Waals surface area (Å²) in [6, 6.07) is 4.39. The first-order chi connectivity index (χ1) is 10.1. The number of piperidine rings is 1. The van der Waals surface area contributed by atoms with E-state index in [1.807, 2.05) is 27.5 Å². The Labute approximate surface area is 139 Å². The quantitative estimate of drug-likeness (QED) is 0.765. The Morgan fingerprint density at radius 1 is 1.43 bits per heavy atom. The van der Waals surface area contributed by atoms with Crippen molar-refractivity contribution in [2.45, 2.75) is 26.2 Å². The van der Waals surface area contributed by atoms with E-state index in [0.29, 0.717) is 15.1 Å². The van der Waals surface area contributed by atoms with E-state index in [1.54, 1.807) is 6.07 Å². The van der Waals surface area contributed by atoms with Crippen molar-refractivity contribution in [2.75, 3.05) is 26.2 Å². The Kier molecular flexibility index (Phi) is 6.41. The molecule has 3 nitrogen and oxygen atoms in total. The number of carbonyl (C=O) groups excluding carboxylic acids is 1. The summed E-state index contributed by atoms with van der Waals surface area (Å²) in [6.07, 6.45) is 3.18. The van der Waals surface area contributed by atoms with Gasteiger partial charge in [-0.25, -0.2) is 4.39 Å². The fraction of sp³-hybridized carbons (Fsp3) is 0.562. The molecule has 116 valence electrons. The predicted molar refractivity (Wildman–Crippen MR) is 90.9 cm³/mol. The van der Waals surface area contributed by atoms with Crippen LogP contribution in [0.3, 0.4) is 0 Å². The molecule has 0 bridgehead atoms. The van der Waals surface area contributed by atoms with Gasteiger partial charge >= 0.3 is 0 Å². The summed E-state index contributed by atoms with van der Waals surface area (Å²) in [5.41, 5.74) is 0.611. The monoisotopic (exact) mass is 404 g/mol. The molecule has 1 N–H and O–H groups in total. The molecule has 1 saturated heterocycles. The van der Waals surface area contributed by atoms with Gasteiger partial charge in [0.25, 0.3) is 5.91 Å². The molecular weight excluding hydrogens is 382 g/mol. The summed E-state index contributed by atoms with van der Waals surface area (Å²) < 4.78 is 13.9. The minimum atomic E-state index is -0.295. The second-order valence-corrected chi connectivity index (χ2v) is 6.73. The van der Waals surface area contributed by atoms with Crippen molar-refractivity contribution in [3.63, 3.8) is 0 Å². The number of hydrogen-bond donors (Lipinski definition) is 1. The van der Waals surface area contributed by atoms with Crippen LogP contribution in [-0.2, 0) is 0 Å². The van der Waals surface area contributed by atoms with Crippen molar-refractivity contribution >= 4 is 28.5 Å². The highest BCUT2D eigenvalue weighted by molar-refractivity contribution is 14.1. The van der Waals surface area contributed by atoms with E-state index >= 15 is 0 Å². The summed E-state index contributed by atoms with van der Waals surface area (Å²) in [5, 5.41) is 3.35. The molecule has 1 fully saturated rings. The molecule has 1 aromatic rings. The van der Waals surface area contributed by atoms with Crippen LogP contribution >= 0.6 is 22.6 Å². The Hall–Kier alpha value is -0.690. The molecule has 1 aromatic carbocycles. The molecule has 0 atom stereocenters. The molecule has 0 spiro atoms. The number of nitrogens with one attached hydrogen (secondary N) is 1. The maximum absolute atomic E-state index is 13.2. The lowest BCUT2D eigenvalue weighted by Crippen LogP contribution is -2.40. The molecule has 1 amide bonds. The summed E-state index contributed by atoms with van der Waals surface area (Å²) >= 11 is 2.04. The smallest absolute Gasteiger partial charge is 0.254 e. The second kappa shape index (κ2) is 8.08. The Balaban J connectivity index is 2.10. The van der Waals surface area contributed by atoms with Crippen LogP contribution in [0, 0.1) is 15.3 Å². The van der Waals surface area contributed by atoms with Crippen LogP contribution in [0.1, 0.15) is 36.5 Å². The Morgan fingerprint density at radius 3 is 2.76 bits per heavy atom. The highest BCUT2D eigenvalue weighted by Gasteiger charge is 2.22. The van der Waals surface area contributed by atoms with Crippen LogP contribution < -0.4 is 5.32 Å². The van der Waals surface area contributed by atoms with E-state index in [4.69, 9.17) is 0 Å². The van der Waals surface area contributed by atoms with Crippen molar-refractivity contribution in [1.29, 1.82) is 0 Å². The van der Waals surface area contributed by atoms with Gasteiger partial charge in [0.15, 0.2) is 0 Å². The summed E-state index contributed by atoms with van der Waals surface area (Å²) in [6.45, 7) is 5.72. The van der Waals surface area contributed by atoms with Gasteiger partial charge in [0.1, 0.15) is 5.82 Å². The van der Waals surface area contributed by atoms with Crippen LogP contribution in [0.2, 0.25) is 0 Å². The van der Waals surface area contributed by atoms with Gasteiger partial charge in [-0.15, -0.1) is 0 Å². The van der Waals surface area contributed by atoms with Crippen molar-refractivity contribution in [2.24, 2.45) is 5.92 Å². The molecule has 0 radical (unpaired) electrons. The van der Waals surface area contributed by atoms with E-state index in [9.17, 15) is 9.18 Å². The van der Waals surface area contributed by atoms with E-state index in [2.05, 4.69) is 12.2 Å². The topological polar surface area (TPSA) is 32.3 Å². The normalized spacial score (nSPS) is 16.0. The highest BCUT2D eigenvalue weighted by Crippen LogP contribution is 2.19. The van der Waals surface area contributed by atoms with Crippen LogP contribution in [0.5, 0.6) is 0 Å². The third kappa shape index (κ3) is 4.64. The lowest BCUT2D eigenvalue weighted by atomic mass is 9.97. The first-order valence-corrected chi connectivity index (χ1v) is 8.64. The van der Waals surface area contributed by atoms with Crippen molar-refractivity contribution in [3.05, 3.63) is 33.1 Å². The van der Waals surface area contributed by atoms with E-state index in [0.717, 1.165) is 45.4 Å². The Morgan fingerprint density at radius 2 is 2.14 bits per heavy atom. The number of carbonyl (C=O) groups is 1. The summed E-state index contributed by atoms with van der Waals surface area (Å²) in [4.78, 5) is 14.7. The number of rotatable bonds is 5. The molecule has 1 aliphatic rings. The second-order valence-electron chi connectivity index (χ2n) is 5.57. The van der Waals surface area contributed by atoms with Gasteiger partial charge in [-0.2, -0.15) is 0 Å². The predicted octanol–water partition coefficient (Wildman–Crippen LogP) is 3.28. The molecular formula is C16H22FIN2O. The van der Waals surface area contributed by atoms with Gasteiger partial charge in [-0.1, -0.05) is 6.92 Å². The van der Waals surface area contributed by atoms with Gasteiger partial charge in [0, 0.05) is 16.7 Å². The summed E-state index contributed by atoms with van der Waals surface area (Å²) in [5.74, 6) is 0.302. The maximum Gasteiger partial charge on any atom is 0.254 e. The first kappa shape index (κ1) is 16.7. The van der Waals surface area contributed by atoms with Crippen LogP contribution in [0.25, 0.3) is 0 Å². The summed E-state index contributed by atoms with van der Waals surface area (Å²) in [7, 11) is 0. The standard InChI is InChI=1S/C16H22FIN2O/c1-2-9-20(11-12-5-7-19-8-6-12)16(21)14-4-3-13(17)10-15(14)18/h3-4,10,12,19H,2,5-9,11H2,1H3. The molecule has 2 rings (SSSR count). The highest BCUT2D eigenvalue weighted by atomic mass is 127. The number of benzene rings is 1. The zero-order chi connectivity index (χ0) is 15.2. The number of hydrogen-bond acceptors (Lipinski definition) is 2. The van der Waals surface area contributed by atoms with Gasteiger partial charge in [0.05, 0.1) is 5.56 Å².